The predicted octanol–water partition coefficient (Wildman–Crippen LogP) is -1.67. The molecule has 0 saturated heterocycles. The first-order chi connectivity index (χ1) is 18.2. The smallest absolute Gasteiger partial charge is 0.349 e. The van der Waals surface area contributed by atoms with Crippen LogP contribution < -0.4 is 0 Å². The van der Waals surface area contributed by atoms with E-state index in [4.69, 9.17) is 30.6 Å². The van der Waals surface area contributed by atoms with Crippen LogP contribution in [-0.2, 0) is 57.4 Å². The maximum atomic E-state index is 12.3. The van der Waals surface area contributed by atoms with E-state index in [0.29, 0.717) is 0 Å². The number of hydrogen-bond donors (Lipinski definition) is 8. The molecular formula is C20H24O20. The van der Waals surface area contributed by atoms with E-state index in [1.807, 2.05) is 0 Å². The lowest BCUT2D eigenvalue weighted by atomic mass is 9.93. The molecule has 0 radical (unpaired) electrons. The zero-order chi connectivity index (χ0) is 31.8. The van der Waals surface area contributed by atoms with E-state index in [2.05, 4.69) is 9.47 Å². The third-order valence-electron chi connectivity index (χ3n) is 4.23. The third-order valence-corrected chi connectivity index (χ3v) is 4.23. The normalized spacial score (nSPS) is 11.8. The molecule has 0 amide bonds. The van der Waals surface area contributed by atoms with Gasteiger partial charge in [-0.15, -0.1) is 0 Å². The summed E-state index contributed by atoms with van der Waals surface area (Å²) in [6.07, 6.45) is -8.70. The lowest BCUT2D eigenvalue weighted by molar-refractivity contribution is -0.196. The first-order valence-corrected chi connectivity index (χ1v) is 10.4. The third kappa shape index (κ3) is 15.1. The van der Waals surface area contributed by atoms with Crippen molar-refractivity contribution in [3.63, 3.8) is 0 Å². The van der Waals surface area contributed by atoms with Crippen molar-refractivity contribution in [2.75, 3.05) is 0 Å². The van der Waals surface area contributed by atoms with E-state index in [1.54, 1.807) is 0 Å². The number of carbonyl (C=O) groups excluding carboxylic acids is 2. The summed E-state index contributed by atoms with van der Waals surface area (Å²) in [6, 6.07) is 0. The Morgan fingerprint density at radius 2 is 0.650 bits per heavy atom. The molecule has 224 valence electrons. The van der Waals surface area contributed by atoms with Gasteiger partial charge in [0.15, 0.2) is 0 Å². The SMILES string of the molecule is O=C(O)CCC(=O)O.O=C(O)CCC(=O)OC(CC(=O)O)(CC(=O)OC(CC(=O)O)(CC(=O)O)C(=O)O)C(=O)O. The van der Waals surface area contributed by atoms with E-state index in [1.165, 1.54) is 0 Å². The molecule has 0 bridgehead atoms. The number of ether oxygens (including phenoxy) is 2. The van der Waals surface area contributed by atoms with E-state index < -0.39 is 109 Å². The topological polar surface area (TPSA) is 351 Å². The minimum absolute atomic E-state index is 0.296. The first kappa shape index (κ1) is 36.9. The van der Waals surface area contributed by atoms with Gasteiger partial charge in [0, 0.05) is 0 Å². The Balaban J connectivity index is 0. The fourth-order valence-corrected chi connectivity index (χ4v) is 2.57. The highest BCUT2D eigenvalue weighted by molar-refractivity contribution is 5.94. The Kier molecular flexibility index (Phi) is 15.2. The first-order valence-electron chi connectivity index (χ1n) is 10.4. The molecule has 0 aliphatic carbocycles. The molecule has 20 nitrogen and oxygen atoms in total. The average Bonchev–Trinajstić information content (AvgIpc) is 2.74. The molecule has 0 aromatic heterocycles. The second-order valence-electron chi connectivity index (χ2n) is 7.62. The summed E-state index contributed by atoms with van der Waals surface area (Å²) in [5, 5.41) is 69.6. The number of carboxylic acids is 8. The van der Waals surface area contributed by atoms with Crippen molar-refractivity contribution in [2.24, 2.45) is 0 Å². The van der Waals surface area contributed by atoms with Crippen LogP contribution in [0.1, 0.15) is 51.4 Å². The molecule has 0 aromatic carbocycles. The van der Waals surface area contributed by atoms with Gasteiger partial charge in [0.2, 0.25) is 11.2 Å². The Labute approximate surface area is 221 Å². The fraction of sp³-hybridized carbons (Fsp3) is 0.500. The van der Waals surface area contributed by atoms with Crippen molar-refractivity contribution in [1.82, 2.24) is 0 Å². The molecule has 0 saturated carbocycles. The Morgan fingerprint density at radius 1 is 0.375 bits per heavy atom. The van der Waals surface area contributed by atoms with E-state index in [9.17, 15) is 58.2 Å². The Morgan fingerprint density at radius 3 is 0.925 bits per heavy atom. The summed E-state index contributed by atoms with van der Waals surface area (Å²) < 4.78 is 8.95. The van der Waals surface area contributed by atoms with Gasteiger partial charge in [0.05, 0.1) is 51.4 Å². The van der Waals surface area contributed by atoms with Gasteiger partial charge in [0.25, 0.3) is 0 Å². The number of esters is 2. The fourth-order valence-electron chi connectivity index (χ4n) is 2.57. The number of aliphatic carboxylic acids is 8. The summed E-state index contributed by atoms with van der Waals surface area (Å²) in [7, 11) is 0. The van der Waals surface area contributed by atoms with Crippen molar-refractivity contribution in [3.8, 4) is 0 Å². The minimum atomic E-state index is -3.20. The summed E-state index contributed by atoms with van der Waals surface area (Å²) in [5.41, 5.74) is -6.40. The van der Waals surface area contributed by atoms with Gasteiger partial charge in [-0.1, -0.05) is 0 Å². The summed E-state index contributed by atoms with van der Waals surface area (Å²) >= 11 is 0. The van der Waals surface area contributed by atoms with Gasteiger partial charge in [-0.2, -0.15) is 0 Å². The Hall–Kier alpha value is -5.30. The van der Waals surface area contributed by atoms with Gasteiger partial charge in [0.1, 0.15) is 0 Å². The highest BCUT2D eigenvalue weighted by Crippen LogP contribution is 2.28. The van der Waals surface area contributed by atoms with Crippen molar-refractivity contribution in [2.45, 2.75) is 62.6 Å². The maximum absolute atomic E-state index is 12.3. The van der Waals surface area contributed by atoms with E-state index in [0.717, 1.165) is 0 Å². The molecule has 20 heteroatoms. The van der Waals surface area contributed by atoms with Crippen LogP contribution >= 0.6 is 0 Å². The van der Waals surface area contributed by atoms with E-state index >= 15 is 0 Å². The summed E-state index contributed by atoms with van der Waals surface area (Å²) in [6.45, 7) is 0. The minimum Gasteiger partial charge on any atom is -0.481 e. The molecule has 0 aliphatic heterocycles. The average molecular weight is 584 g/mol. The molecule has 40 heavy (non-hydrogen) atoms. The van der Waals surface area contributed by atoms with Crippen LogP contribution in [0.5, 0.6) is 0 Å². The van der Waals surface area contributed by atoms with Crippen LogP contribution in [0, 0.1) is 0 Å². The van der Waals surface area contributed by atoms with E-state index in [-0.39, 0.29) is 12.8 Å². The lowest BCUT2D eigenvalue weighted by Gasteiger charge is -2.30. The molecule has 0 aliphatic rings. The molecule has 0 spiro atoms. The predicted molar refractivity (Wildman–Crippen MR) is 116 cm³/mol. The van der Waals surface area contributed by atoms with Gasteiger partial charge in [-0.3, -0.25) is 38.4 Å². The summed E-state index contributed by atoms with van der Waals surface area (Å²) in [5.74, 6) is -17.2. The zero-order valence-corrected chi connectivity index (χ0v) is 20.1. The highest BCUT2D eigenvalue weighted by Gasteiger charge is 2.52. The Bertz CT molecular complexity index is 1010. The van der Waals surface area contributed by atoms with Crippen LogP contribution in [0.4, 0.5) is 0 Å². The van der Waals surface area contributed by atoms with Crippen LogP contribution in [-0.4, -0.2) is 112 Å². The van der Waals surface area contributed by atoms with Gasteiger partial charge >= 0.3 is 59.7 Å². The van der Waals surface area contributed by atoms with Crippen molar-refractivity contribution < 1.29 is 98.3 Å². The monoisotopic (exact) mass is 584 g/mol. The second kappa shape index (κ2) is 16.5. The largest absolute Gasteiger partial charge is 0.481 e. The van der Waals surface area contributed by atoms with Crippen LogP contribution in [0.25, 0.3) is 0 Å². The molecule has 1 atom stereocenters. The van der Waals surface area contributed by atoms with Gasteiger partial charge in [-0.25, -0.2) is 9.59 Å². The molecule has 8 N–H and O–H groups in total. The second-order valence-corrected chi connectivity index (χ2v) is 7.62. The quantitative estimate of drug-likeness (QED) is 0.0834. The maximum Gasteiger partial charge on any atom is 0.349 e. The van der Waals surface area contributed by atoms with Gasteiger partial charge in [-0.05, 0) is 0 Å². The van der Waals surface area contributed by atoms with Gasteiger partial charge < -0.3 is 50.3 Å². The number of carboxylic acid groups (broad SMARTS) is 8. The number of hydrogen-bond acceptors (Lipinski definition) is 12. The summed E-state index contributed by atoms with van der Waals surface area (Å²) in [4.78, 5) is 110. The molecule has 0 heterocycles. The number of carbonyl (C=O) groups is 10. The van der Waals surface area contributed by atoms with Crippen molar-refractivity contribution in [3.05, 3.63) is 0 Å². The number of rotatable bonds is 18. The van der Waals surface area contributed by atoms with Crippen LogP contribution in [0.3, 0.4) is 0 Å². The molecule has 0 rings (SSSR count). The van der Waals surface area contributed by atoms with Crippen molar-refractivity contribution in [1.29, 1.82) is 0 Å². The van der Waals surface area contributed by atoms with Crippen LogP contribution in [0.15, 0.2) is 0 Å². The van der Waals surface area contributed by atoms with Crippen LogP contribution in [0.2, 0.25) is 0 Å². The molecule has 0 aromatic rings. The molecular weight excluding hydrogens is 560 g/mol. The van der Waals surface area contributed by atoms with Crippen molar-refractivity contribution >= 4 is 59.7 Å². The molecule has 0 fully saturated rings. The lowest BCUT2D eigenvalue weighted by Crippen LogP contribution is -2.51. The standard InChI is InChI=1S/C16H18O16.C4H6O4/c17-7(18)1-2-11(25)31-16(14(29)30,5-10(23)24)6-12(26)32-15(13(27)28,3-8(19)20)4-9(21)22;5-3(6)1-2-4(7)8/h1-6H2,(H,17,18)(H,19,20)(H,21,22)(H,23,24)(H,27,28)(H,29,30);1-2H2,(H,5,6)(H,7,8). The highest BCUT2D eigenvalue weighted by atomic mass is 16.6. The molecule has 1 unspecified atom stereocenters. The zero-order valence-electron chi connectivity index (χ0n) is 20.1.